The summed E-state index contributed by atoms with van der Waals surface area (Å²) < 4.78 is 10.7. The minimum absolute atomic E-state index is 0. The van der Waals surface area contributed by atoms with Gasteiger partial charge in [0.05, 0.1) is 5.92 Å². The Balaban J connectivity index is 0.00000225. The van der Waals surface area contributed by atoms with Gasteiger partial charge in [-0.05, 0) is 23.3 Å². The highest BCUT2D eigenvalue weighted by Gasteiger charge is 2.25. The predicted molar refractivity (Wildman–Crippen MR) is 98.8 cm³/mol. The standard InChI is InChI=1S/C19H22N2O3.ClH/c1-13(18(20)15-6-4-3-5-7-15)19(22)21(2)11-14-8-9-16-17(10-14)24-12-23-16;/h3-10,13,18H,11-12,20H2,1-2H3;1H. The van der Waals surface area contributed by atoms with Gasteiger partial charge in [0.2, 0.25) is 12.7 Å². The summed E-state index contributed by atoms with van der Waals surface area (Å²) in [5, 5.41) is 0. The van der Waals surface area contributed by atoms with E-state index in [1.54, 1.807) is 11.9 Å². The number of hydrogen-bond donors (Lipinski definition) is 1. The Morgan fingerprint density at radius 2 is 1.84 bits per heavy atom. The topological polar surface area (TPSA) is 64.8 Å². The maximum atomic E-state index is 12.7. The molecule has 0 aliphatic carbocycles. The fourth-order valence-electron chi connectivity index (χ4n) is 2.86. The number of carbonyl (C=O) groups excluding carboxylic acids is 1. The molecule has 0 saturated carbocycles. The van der Waals surface area contributed by atoms with Crippen molar-refractivity contribution >= 4 is 18.3 Å². The molecule has 2 atom stereocenters. The molecule has 2 aromatic carbocycles. The highest BCUT2D eigenvalue weighted by molar-refractivity contribution is 5.85. The molecule has 0 fully saturated rings. The van der Waals surface area contributed by atoms with E-state index in [9.17, 15) is 4.79 Å². The second kappa shape index (κ2) is 8.23. The number of fused-ring (bicyclic) bond motifs is 1. The van der Waals surface area contributed by atoms with Crippen LogP contribution in [0.4, 0.5) is 0 Å². The quantitative estimate of drug-likeness (QED) is 0.887. The largest absolute Gasteiger partial charge is 0.454 e. The van der Waals surface area contributed by atoms with Crippen LogP contribution in [-0.2, 0) is 11.3 Å². The summed E-state index contributed by atoms with van der Waals surface area (Å²) in [6, 6.07) is 15.1. The van der Waals surface area contributed by atoms with Gasteiger partial charge in [-0.2, -0.15) is 0 Å². The van der Waals surface area contributed by atoms with Crippen LogP contribution in [0.1, 0.15) is 24.1 Å². The SMILES string of the molecule is CC(C(=O)N(C)Cc1ccc2c(c1)OCO2)C(N)c1ccccc1.Cl. The molecule has 1 aliphatic heterocycles. The average molecular weight is 363 g/mol. The summed E-state index contributed by atoms with van der Waals surface area (Å²) in [6.07, 6.45) is 0. The van der Waals surface area contributed by atoms with Gasteiger partial charge in [-0.15, -0.1) is 12.4 Å². The van der Waals surface area contributed by atoms with Crippen molar-refractivity contribution in [2.24, 2.45) is 11.7 Å². The monoisotopic (exact) mass is 362 g/mol. The third-order valence-electron chi connectivity index (χ3n) is 4.35. The van der Waals surface area contributed by atoms with Crippen LogP contribution >= 0.6 is 12.4 Å². The minimum atomic E-state index is -0.321. The van der Waals surface area contributed by atoms with Crippen LogP contribution < -0.4 is 15.2 Å². The van der Waals surface area contributed by atoms with Gasteiger partial charge in [-0.1, -0.05) is 43.3 Å². The summed E-state index contributed by atoms with van der Waals surface area (Å²) in [4.78, 5) is 14.4. The van der Waals surface area contributed by atoms with Crippen molar-refractivity contribution in [3.63, 3.8) is 0 Å². The van der Waals surface area contributed by atoms with Crippen LogP contribution in [0, 0.1) is 5.92 Å². The number of nitrogens with zero attached hydrogens (tertiary/aromatic N) is 1. The number of ether oxygens (including phenoxy) is 2. The van der Waals surface area contributed by atoms with Gasteiger partial charge in [-0.3, -0.25) is 4.79 Å². The Morgan fingerprint density at radius 3 is 2.56 bits per heavy atom. The van der Waals surface area contributed by atoms with Crippen molar-refractivity contribution in [1.29, 1.82) is 0 Å². The zero-order valence-corrected chi connectivity index (χ0v) is 15.2. The molecule has 2 N–H and O–H groups in total. The summed E-state index contributed by atoms with van der Waals surface area (Å²) in [5.41, 5.74) is 8.22. The molecule has 3 rings (SSSR count). The Labute approximate surface area is 154 Å². The molecular formula is C19H23ClN2O3. The van der Waals surface area contributed by atoms with Gasteiger partial charge in [0.1, 0.15) is 0 Å². The van der Waals surface area contributed by atoms with E-state index in [1.165, 1.54) is 0 Å². The fraction of sp³-hybridized carbons (Fsp3) is 0.316. The molecule has 6 heteroatoms. The molecular weight excluding hydrogens is 340 g/mol. The van der Waals surface area contributed by atoms with E-state index in [0.29, 0.717) is 6.54 Å². The van der Waals surface area contributed by atoms with Crippen molar-refractivity contribution in [2.45, 2.75) is 19.5 Å². The lowest BCUT2D eigenvalue weighted by molar-refractivity contribution is -0.134. The summed E-state index contributed by atoms with van der Waals surface area (Å²) in [7, 11) is 1.79. The molecule has 1 aliphatic rings. The van der Waals surface area contributed by atoms with Crippen LogP contribution in [0.5, 0.6) is 11.5 Å². The lowest BCUT2D eigenvalue weighted by atomic mass is 9.94. The Kier molecular flexibility index (Phi) is 6.28. The maximum Gasteiger partial charge on any atom is 0.231 e. The number of carbonyl (C=O) groups is 1. The number of amides is 1. The maximum absolute atomic E-state index is 12.7. The number of rotatable bonds is 5. The van der Waals surface area contributed by atoms with Gasteiger partial charge in [0.25, 0.3) is 0 Å². The smallest absolute Gasteiger partial charge is 0.231 e. The van der Waals surface area contributed by atoms with E-state index in [1.807, 2.05) is 55.5 Å². The fourth-order valence-corrected chi connectivity index (χ4v) is 2.86. The molecule has 2 aromatic rings. The van der Waals surface area contributed by atoms with Gasteiger partial charge < -0.3 is 20.1 Å². The van der Waals surface area contributed by atoms with Crippen LogP contribution in [0.15, 0.2) is 48.5 Å². The van der Waals surface area contributed by atoms with E-state index in [0.717, 1.165) is 22.6 Å². The Bertz CT molecular complexity index is 724. The summed E-state index contributed by atoms with van der Waals surface area (Å²) in [6.45, 7) is 2.62. The first-order valence-electron chi connectivity index (χ1n) is 8.00. The first kappa shape index (κ1) is 19.1. The minimum Gasteiger partial charge on any atom is -0.454 e. The van der Waals surface area contributed by atoms with E-state index >= 15 is 0 Å². The first-order valence-corrected chi connectivity index (χ1v) is 8.00. The Hall–Kier alpha value is -2.24. The van der Waals surface area contributed by atoms with Crippen molar-refractivity contribution < 1.29 is 14.3 Å². The average Bonchev–Trinajstić information content (AvgIpc) is 3.08. The summed E-state index contributed by atoms with van der Waals surface area (Å²) in [5.74, 6) is 1.19. The number of nitrogens with two attached hydrogens (primary N) is 1. The lowest BCUT2D eigenvalue weighted by Crippen LogP contribution is -2.36. The van der Waals surface area contributed by atoms with Gasteiger partial charge in [0, 0.05) is 19.6 Å². The molecule has 0 spiro atoms. The number of benzene rings is 2. The van der Waals surface area contributed by atoms with Crippen molar-refractivity contribution in [3.8, 4) is 11.5 Å². The van der Waals surface area contributed by atoms with Crippen LogP contribution in [0.3, 0.4) is 0 Å². The van der Waals surface area contributed by atoms with Crippen LogP contribution in [0.25, 0.3) is 0 Å². The van der Waals surface area contributed by atoms with Crippen LogP contribution in [0.2, 0.25) is 0 Å². The molecule has 2 unspecified atom stereocenters. The first-order chi connectivity index (χ1) is 11.6. The zero-order chi connectivity index (χ0) is 17.1. The van der Waals surface area contributed by atoms with Crippen molar-refractivity contribution in [3.05, 3.63) is 59.7 Å². The molecule has 134 valence electrons. The lowest BCUT2D eigenvalue weighted by Gasteiger charge is -2.25. The van der Waals surface area contributed by atoms with Crippen LogP contribution in [-0.4, -0.2) is 24.6 Å². The Morgan fingerprint density at radius 1 is 1.16 bits per heavy atom. The number of hydrogen-bond acceptors (Lipinski definition) is 4. The second-order valence-corrected chi connectivity index (χ2v) is 6.11. The van der Waals surface area contributed by atoms with E-state index in [-0.39, 0.29) is 37.1 Å². The molecule has 5 nitrogen and oxygen atoms in total. The third kappa shape index (κ3) is 4.24. The molecule has 0 saturated heterocycles. The van der Waals surface area contributed by atoms with E-state index < -0.39 is 0 Å². The summed E-state index contributed by atoms with van der Waals surface area (Å²) >= 11 is 0. The molecule has 25 heavy (non-hydrogen) atoms. The third-order valence-corrected chi connectivity index (χ3v) is 4.35. The van der Waals surface area contributed by atoms with Gasteiger partial charge >= 0.3 is 0 Å². The van der Waals surface area contributed by atoms with Gasteiger partial charge in [0.15, 0.2) is 11.5 Å². The second-order valence-electron chi connectivity index (χ2n) is 6.11. The van der Waals surface area contributed by atoms with E-state index in [4.69, 9.17) is 15.2 Å². The highest BCUT2D eigenvalue weighted by atomic mass is 35.5. The molecule has 0 radical (unpaired) electrons. The van der Waals surface area contributed by atoms with E-state index in [2.05, 4.69) is 0 Å². The molecule has 0 aromatic heterocycles. The van der Waals surface area contributed by atoms with Crippen molar-refractivity contribution in [2.75, 3.05) is 13.8 Å². The normalized spacial score (nSPS) is 14.4. The predicted octanol–water partition coefficient (Wildman–Crippen LogP) is 3.13. The number of halogens is 1. The molecule has 1 heterocycles. The zero-order valence-electron chi connectivity index (χ0n) is 14.3. The molecule has 1 amide bonds. The van der Waals surface area contributed by atoms with Gasteiger partial charge in [-0.25, -0.2) is 0 Å². The molecule has 0 bridgehead atoms. The highest BCUT2D eigenvalue weighted by Crippen LogP contribution is 2.33. The van der Waals surface area contributed by atoms with Crippen molar-refractivity contribution in [1.82, 2.24) is 4.90 Å².